The molecule has 0 aliphatic rings. The lowest BCUT2D eigenvalue weighted by atomic mass is 9.89. The van der Waals surface area contributed by atoms with E-state index >= 15 is 0 Å². The van der Waals surface area contributed by atoms with Crippen molar-refractivity contribution < 1.29 is 9.47 Å². The Morgan fingerprint density at radius 2 is 1.50 bits per heavy atom. The maximum absolute atomic E-state index is 9.08. The van der Waals surface area contributed by atoms with Crippen LogP contribution in [0.4, 0.5) is 0 Å². The van der Waals surface area contributed by atoms with Gasteiger partial charge < -0.3 is 9.47 Å². The van der Waals surface area contributed by atoms with E-state index in [4.69, 9.17) is 14.7 Å². The Morgan fingerprint density at radius 3 is 2.12 bits per heavy atom. The van der Waals surface area contributed by atoms with Crippen LogP contribution in [0.1, 0.15) is 44.2 Å². The molecule has 0 aliphatic heterocycles. The summed E-state index contributed by atoms with van der Waals surface area (Å²) >= 11 is 0. The Balaban J connectivity index is 1.81. The summed E-state index contributed by atoms with van der Waals surface area (Å²) in [6, 6.07) is 22.8. The van der Waals surface area contributed by atoms with Crippen molar-refractivity contribution in [3.05, 3.63) is 71.8 Å². The highest BCUT2D eigenvalue weighted by Gasteiger charge is 2.16. The number of benzene rings is 2. The van der Waals surface area contributed by atoms with Gasteiger partial charge in [-0.2, -0.15) is 5.26 Å². The molecule has 2 aromatic carbocycles. The summed E-state index contributed by atoms with van der Waals surface area (Å²) in [5, 5.41) is 9.08. The van der Waals surface area contributed by atoms with Gasteiger partial charge in [-0.05, 0) is 44.2 Å². The fraction of sp³-hybridized carbons (Fsp3) is 0.435. The standard InChI is InChI=1S/C23H29NO2/c1-23(2,19-24)15-9-10-16-25-22(17-20-11-5-3-6-12-20)26-18-21-13-7-4-8-14-21/h3-8,11-14,22H,9-10,15-18H2,1-2H3. The van der Waals surface area contributed by atoms with Crippen LogP contribution in [0.2, 0.25) is 0 Å². The maximum Gasteiger partial charge on any atom is 0.162 e. The first kappa shape index (κ1) is 20.2. The quantitative estimate of drug-likeness (QED) is 0.396. The lowest BCUT2D eigenvalue weighted by Crippen LogP contribution is -2.21. The van der Waals surface area contributed by atoms with E-state index in [0.29, 0.717) is 13.2 Å². The molecule has 0 heterocycles. The summed E-state index contributed by atoms with van der Waals surface area (Å²) in [7, 11) is 0. The van der Waals surface area contributed by atoms with E-state index in [9.17, 15) is 0 Å². The first-order chi connectivity index (χ1) is 12.6. The fourth-order valence-electron chi connectivity index (χ4n) is 2.68. The molecule has 2 rings (SSSR count). The fourth-order valence-corrected chi connectivity index (χ4v) is 2.68. The third-order valence-electron chi connectivity index (χ3n) is 4.33. The van der Waals surface area contributed by atoms with E-state index < -0.39 is 0 Å². The lowest BCUT2D eigenvalue weighted by molar-refractivity contribution is -0.149. The number of nitriles is 1. The van der Waals surface area contributed by atoms with Crippen molar-refractivity contribution in [3.8, 4) is 6.07 Å². The Kier molecular flexibility index (Phi) is 8.34. The van der Waals surface area contributed by atoms with Gasteiger partial charge in [-0.15, -0.1) is 0 Å². The predicted octanol–water partition coefficient (Wildman–Crippen LogP) is 5.51. The molecule has 138 valence electrons. The second-order valence-corrected chi connectivity index (χ2v) is 7.24. The number of rotatable bonds is 11. The van der Waals surface area contributed by atoms with Gasteiger partial charge in [-0.3, -0.25) is 0 Å². The molecule has 2 aromatic rings. The van der Waals surface area contributed by atoms with Crippen molar-refractivity contribution >= 4 is 0 Å². The van der Waals surface area contributed by atoms with Crippen LogP contribution < -0.4 is 0 Å². The minimum absolute atomic E-state index is 0.257. The van der Waals surface area contributed by atoms with Gasteiger partial charge in [-0.25, -0.2) is 0 Å². The summed E-state index contributed by atoms with van der Waals surface area (Å²) < 4.78 is 12.0. The van der Waals surface area contributed by atoms with E-state index in [1.54, 1.807) is 0 Å². The van der Waals surface area contributed by atoms with Crippen LogP contribution in [0.5, 0.6) is 0 Å². The molecule has 0 aliphatic carbocycles. The zero-order valence-corrected chi connectivity index (χ0v) is 15.9. The van der Waals surface area contributed by atoms with Crippen molar-refractivity contribution in [2.45, 2.75) is 52.4 Å². The van der Waals surface area contributed by atoms with Crippen LogP contribution >= 0.6 is 0 Å². The summed E-state index contributed by atoms with van der Waals surface area (Å²) in [6.07, 6.45) is 3.28. The van der Waals surface area contributed by atoms with Crippen LogP contribution in [-0.2, 0) is 22.5 Å². The zero-order valence-electron chi connectivity index (χ0n) is 15.9. The molecular formula is C23H29NO2. The van der Waals surface area contributed by atoms with Gasteiger partial charge in [0.1, 0.15) is 0 Å². The highest BCUT2D eigenvalue weighted by molar-refractivity contribution is 5.15. The van der Waals surface area contributed by atoms with Crippen molar-refractivity contribution in [2.24, 2.45) is 5.41 Å². The average Bonchev–Trinajstić information content (AvgIpc) is 2.67. The molecule has 0 radical (unpaired) electrons. The molecule has 26 heavy (non-hydrogen) atoms. The minimum atomic E-state index is -0.262. The largest absolute Gasteiger partial charge is 0.352 e. The molecule has 0 saturated carbocycles. The zero-order chi connectivity index (χ0) is 18.7. The SMILES string of the molecule is CC(C)(C#N)CCCCOC(Cc1ccccc1)OCc1ccccc1. The van der Waals surface area contributed by atoms with Crippen LogP contribution in [0, 0.1) is 16.7 Å². The first-order valence-electron chi connectivity index (χ1n) is 9.31. The normalized spacial score (nSPS) is 12.5. The topological polar surface area (TPSA) is 42.2 Å². The second kappa shape index (κ2) is 10.8. The van der Waals surface area contributed by atoms with E-state index in [1.807, 2.05) is 50.2 Å². The molecule has 0 amide bonds. The molecule has 3 heteroatoms. The van der Waals surface area contributed by atoms with Gasteiger partial charge in [0.2, 0.25) is 0 Å². The molecule has 3 nitrogen and oxygen atoms in total. The van der Waals surface area contributed by atoms with Gasteiger partial charge in [0.05, 0.1) is 18.1 Å². The monoisotopic (exact) mass is 351 g/mol. The van der Waals surface area contributed by atoms with Crippen molar-refractivity contribution in [2.75, 3.05) is 6.61 Å². The van der Waals surface area contributed by atoms with E-state index in [-0.39, 0.29) is 11.7 Å². The Hall–Kier alpha value is -2.15. The highest BCUT2D eigenvalue weighted by Crippen LogP contribution is 2.21. The molecule has 1 atom stereocenters. The first-order valence-corrected chi connectivity index (χ1v) is 9.31. The average molecular weight is 351 g/mol. The maximum atomic E-state index is 9.08. The van der Waals surface area contributed by atoms with Gasteiger partial charge in [-0.1, -0.05) is 60.7 Å². The summed E-state index contributed by atoms with van der Waals surface area (Å²) in [5.74, 6) is 0. The van der Waals surface area contributed by atoms with E-state index in [1.165, 1.54) is 5.56 Å². The Labute approximate surface area is 157 Å². The van der Waals surface area contributed by atoms with Crippen molar-refractivity contribution in [1.29, 1.82) is 5.26 Å². The molecular weight excluding hydrogens is 322 g/mol. The molecule has 0 fully saturated rings. The van der Waals surface area contributed by atoms with E-state index in [2.05, 4.69) is 30.3 Å². The molecule has 0 spiro atoms. The minimum Gasteiger partial charge on any atom is -0.352 e. The second-order valence-electron chi connectivity index (χ2n) is 7.24. The van der Waals surface area contributed by atoms with Gasteiger partial charge >= 0.3 is 0 Å². The summed E-state index contributed by atoms with van der Waals surface area (Å²) in [5.41, 5.74) is 2.09. The number of unbranched alkanes of at least 4 members (excludes halogenated alkanes) is 1. The van der Waals surface area contributed by atoms with Crippen LogP contribution in [0.15, 0.2) is 60.7 Å². The summed E-state index contributed by atoms with van der Waals surface area (Å²) in [4.78, 5) is 0. The molecule has 0 bridgehead atoms. The van der Waals surface area contributed by atoms with Crippen LogP contribution in [0.3, 0.4) is 0 Å². The third-order valence-corrected chi connectivity index (χ3v) is 4.33. The number of ether oxygens (including phenoxy) is 2. The molecule has 0 saturated heterocycles. The molecule has 1 unspecified atom stereocenters. The van der Waals surface area contributed by atoms with Gasteiger partial charge in [0.25, 0.3) is 0 Å². The smallest absolute Gasteiger partial charge is 0.162 e. The van der Waals surface area contributed by atoms with Gasteiger partial charge in [0, 0.05) is 13.0 Å². The van der Waals surface area contributed by atoms with Crippen LogP contribution in [-0.4, -0.2) is 12.9 Å². The predicted molar refractivity (Wildman–Crippen MR) is 104 cm³/mol. The summed E-state index contributed by atoms with van der Waals surface area (Å²) in [6.45, 7) is 5.15. The number of hydrogen-bond acceptors (Lipinski definition) is 3. The lowest BCUT2D eigenvalue weighted by Gasteiger charge is -2.20. The Bertz CT molecular complexity index is 662. The van der Waals surface area contributed by atoms with Gasteiger partial charge in [0.15, 0.2) is 6.29 Å². The van der Waals surface area contributed by atoms with E-state index in [0.717, 1.165) is 31.2 Å². The molecule has 0 N–H and O–H groups in total. The molecule has 0 aromatic heterocycles. The Morgan fingerprint density at radius 1 is 0.885 bits per heavy atom. The van der Waals surface area contributed by atoms with Crippen LogP contribution in [0.25, 0.3) is 0 Å². The number of hydrogen-bond donors (Lipinski definition) is 0. The number of nitrogens with zero attached hydrogens (tertiary/aromatic N) is 1. The van der Waals surface area contributed by atoms with Crippen molar-refractivity contribution in [3.63, 3.8) is 0 Å². The van der Waals surface area contributed by atoms with Crippen molar-refractivity contribution in [1.82, 2.24) is 0 Å². The highest BCUT2D eigenvalue weighted by atomic mass is 16.7. The third kappa shape index (κ3) is 7.82.